The van der Waals surface area contributed by atoms with Crippen LogP contribution in [0.1, 0.15) is 17.4 Å². The Balaban J connectivity index is 2.22. The zero-order valence-electron chi connectivity index (χ0n) is 9.28. The molecule has 1 atom stereocenters. The van der Waals surface area contributed by atoms with Crippen molar-refractivity contribution in [2.24, 2.45) is 0 Å². The molecule has 0 aliphatic heterocycles. The van der Waals surface area contributed by atoms with Crippen molar-refractivity contribution in [1.82, 2.24) is 4.98 Å². The van der Waals surface area contributed by atoms with Gasteiger partial charge in [-0.2, -0.15) is 0 Å². The SMILES string of the molecule is OC(Cc1ccc(Br)cn1)c1c(F)cccc1F. The summed E-state index contributed by atoms with van der Waals surface area (Å²) in [4.78, 5) is 4.05. The minimum absolute atomic E-state index is 0.0606. The van der Waals surface area contributed by atoms with Crippen molar-refractivity contribution >= 4 is 15.9 Å². The second-order valence-electron chi connectivity index (χ2n) is 3.82. The Labute approximate surface area is 111 Å². The predicted octanol–water partition coefficient (Wildman–Crippen LogP) is 3.40. The molecular formula is C13H10BrF2NO. The Morgan fingerprint density at radius 3 is 2.39 bits per heavy atom. The highest BCUT2D eigenvalue weighted by Gasteiger charge is 2.18. The monoisotopic (exact) mass is 313 g/mol. The van der Waals surface area contributed by atoms with Crippen LogP contribution in [0.4, 0.5) is 8.78 Å². The van der Waals surface area contributed by atoms with Crippen LogP contribution in [0.15, 0.2) is 41.0 Å². The van der Waals surface area contributed by atoms with E-state index in [4.69, 9.17) is 0 Å². The molecule has 0 saturated heterocycles. The van der Waals surface area contributed by atoms with E-state index in [0.29, 0.717) is 5.69 Å². The molecule has 0 bridgehead atoms. The highest BCUT2D eigenvalue weighted by Crippen LogP contribution is 2.23. The molecule has 2 nitrogen and oxygen atoms in total. The fourth-order valence-corrected chi connectivity index (χ4v) is 1.89. The number of aromatic nitrogens is 1. The van der Waals surface area contributed by atoms with Crippen molar-refractivity contribution in [2.45, 2.75) is 12.5 Å². The van der Waals surface area contributed by atoms with Gasteiger partial charge >= 0.3 is 0 Å². The van der Waals surface area contributed by atoms with Crippen molar-refractivity contribution < 1.29 is 13.9 Å². The van der Waals surface area contributed by atoms with Gasteiger partial charge in [0.15, 0.2) is 0 Å². The van der Waals surface area contributed by atoms with Crippen LogP contribution in [0.2, 0.25) is 0 Å². The maximum absolute atomic E-state index is 13.4. The lowest BCUT2D eigenvalue weighted by atomic mass is 10.0. The molecule has 0 aliphatic carbocycles. The van der Waals surface area contributed by atoms with Crippen LogP contribution in [0.5, 0.6) is 0 Å². The standard InChI is InChI=1S/C13H10BrF2NO/c14-8-4-5-9(17-7-8)6-12(18)13-10(15)2-1-3-11(13)16/h1-5,7,12,18H,6H2. The van der Waals surface area contributed by atoms with Gasteiger partial charge in [0.25, 0.3) is 0 Å². The zero-order valence-corrected chi connectivity index (χ0v) is 10.9. The molecule has 0 fully saturated rings. The molecule has 2 aromatic rings. The molecule has 0 amide bonds. The molecule has 0 saturated carbocycles. The van der Waals surface area contributed by atoms with E-state index in [-0.39, 0.29) is 12.0 Å². The van der Waals surface area contributed by atoms with Crippen molar-refractivity contribution in [3.05, 3.63) is 63.9 Å². The Morgan fingerprint density at radius 2 is 1.83 bits per heavy atom. The lowest BCUT2D eigenvalue weighted by Crippen LogP contribution is -2.08. The summed E-state index contributed by atoms with van der Waals surface area (Å²) in [5.74, 6) is -1.50. The van der Waals surface area contributed by atoms with E-state index in [0.717, 1.165) is 16.6 Å². The van der Waals surface area contributed by atoms with Gasteiger partial charge < -0.3 is 5.11 Å². The molecule has 1 heterocycles. The third-order valence-electron chi connectivity index (χ3n) is 2.52. The number of pyridine rings is 1. The Morgan fingerprint density at radius 1 is 1.17 bits per heavy atom. The second-order valence-corrected chi connectivity index (χ2v) is 4.74. The smallest absolute Gasteiger partial charge is 0.131 e. The van der Waals surface area contributed by atoms with Crippen molar-refractivity contribution in [1.29, 1.82) is 0 Å². The minimum Gasteiger partial charge on any atom is -0.388 e. The number of benzene rings is 1. The third-order valence-corrected chi connectivity index (χ3v) is 2.99. The molecule has 18 heavy (non-hydrogen) atoms. The fraction of sp³-hybridized carbons (Fsp3) is 0.154. The van der Waals surface area contributed by atoms with Gasteiger partial charge in [-0.25, -0.2) is 8.78 Å². The van der Waals surface area contributed by atoms with Crippen molar-refractivity contribution in [2.75, 3.05) is 0 Å². The van der Waals surface area contributed by atoms with Gasteiger partial charge in [-0.15, -0.1) is 0 Å². The van der Waals surface area contributed by atoms with Gasteiger partial charge in [0.2, 0.25) is 0 Å². The second kappa shape index (κ2) is 5.54. The largest absolute Gasteiger partial charge is 0.388 e. The zero-order chi connectivity index (χ0) is 13.1. The van der Waals surface area contributed by atoms with Crippen molar-refractivity contribution in [3.63, 3.8) is 0 Å². The maximum Gasteiger partial charge on any atom is 0.131 e. The van der Waals surface area contributed by atoms with E-state index >= 15 is 0 Å². The summed E-state index contributed by atoms with van der Waals surface area (Å²) in [6, 6.07) is 6.95. The first-order chi connectivity index (χ1) is 8.58. The molecule has 1 unspecified atom stereocenters. The quantitative estimate of drug-likeness (QED) is 0.942. The van der Waals surface area contributed by atoms with E-state index in [1.807, 2.05) is 0 Å². The first kappa shape index (κ1) is 13.1. The Bertz CT molecular complexity index is 525. The predicted molar refractivity (Wildman–Crippen MR) is 67.0 cm³/mol. The van der Waals surface area contributed by atoms with E-state index in [9.17, 15) is 13.9 Å². The Hall–Kier alpha value is -1.33. The van der Waals surface area contributed by atoms with Gasteiger partial charge in [0, 0.05) is 22.8 Å². The van der Waals surface area contributed by atoms with Gasteiger partial charge in [-0.3, -0.25) is 4.98 Å². The Kier molecular flexibility index (Phi) is 4.04. The van der Waals surface area contributed by atoms with Crippen LogP contribution in [0.3, 0.4) is 0 Å². The van der Waals surface area contributed by atoms with E-state index < -0.39 is 17.7 Å². The molecular weight excluding hydrogens is 304 g/mol. The molecule has 0 spiro atoms. The number of nitrogens with zero attached hydrogens (tertiary/aromatic N) is 1. The highest BCUT2D eigenvalue weighted by molar-refractivity contribution is 9.10. The molecule has 94 valence electrons. The molecule has 2 rings (SSSR count). The number of rotatable bonds is 3. The lowest BCUT2D eigenvalue weighted by molar-refractivity contribution is 0.167. The first-order valence-electron chi connectivity index (χ1n) is 5.30. The van der Waals surface area contributed by atoms with Crippen LogP contribution >= 0.6 is 15.9 Å². The number of aliphatic hydroxyl groups is 1. The van der Waals surface area contributed by atoms with Crippen LogP contribution in [0.25, 0.3) is 0 Å². The first-order valence-corrected chi connectivity index (χ1v) is 6.09. The van der Waals surface area contributed by atoms with E-state index in [1.165, 1.54) is 6.07 Å². The summed E-state index contributed by atoms with van der Waals surface area (Å²) in [5.41, 5.74) is 0.246. The molecule has 0 aliphatic rings. The maximum atomic E-state index is 13.4. The number of hydrogen-bond donors (Lipinski definition) is 1. The van der Waals surface area contributed by atoms with Gasteiger partial charge in [0.1, 0.15) is 11.6 Å². The summed E-state index contributed by atoms with van der Waals surface area (Å²) >= 11 is 3.23. The van der Waals surface area contributed by atoms with Crippen LogP contribution < -0.4 is 0 Å². The normalized spacial score (nSPS) is 12.4. The average molecular weight is 314 g/mol. The minimum atomic E-state index is -1.25. The summed E-state index contributed by atoms with van der Waals surface area (Å²) in [6.45, 7) is 0. The average Bonchev–Trinajstić information content (AvgIpc) is 2.32. The third kappa shape index (κ3) is 2.91. The molecule has 1 aromatic carbocycles. The van der Waals surface area contributed by atoms with Gasteiger partial charge in [0.05, 0.1) is 11.7 Å². The van der Waals surface area contributed by atoms with Crippen molar-refractivity contribution in [3.8, 4) is 0 Å². The van der Waals surface area contributed by atoms with Crippen LogP contribution in [-0.4, -0.2) is 10.1 Å². The van der Waals surface area contributed by atoms with Gasteiger partial charge in [-0.1, -0.05) is 6.07 Å². The molecule has 1 aromatic heterocycles. The van der Waals surface area contributed by atoms with Crippen LogP contribution in [-0.2, 0) is 6.42 Å². The van der Waals surface area contributed by atoms with E-state index in [1.54, 1.807) is 18.3 Å². The lowest BCUT2D eigenvalue weighted by Gasteiger charge is -2.12. The highest BCUT2D eigenvalue weighted by atomic mass is 79.9. The number of aliphatic hydroxyl groups excluding tert-OH is 1. The molecule has 0 radical (unpaired) electrons. The number of halogens is 3. The summed E-state index contributed by atoms with van der Waals surface area (Å²) in [7, 11) is 0. The summed E-state index contributed by atoms with van der Waals surface area (Å²) in [5, 5.41) is 9.87. The van der Waals surface area contributed by atoms with E-state index in [2.05, 4.69) is 20.9 Å². The molecule has 1 N–H and O–H groups in total. The van der Waals surface area contributed by atoms with Gasteiger partial charge in [-0.05, 0) is 40.2 Å². The summed E-state index contributed by atoms with van der Waals surface area (Å²) < 4.78 is 27.7. The topological polar surface area (TPSA) is 33.1 Å². The van der Waals surface area contributed by atoms with Crippen LogP contribution in [0, 0.1) is 11.6 Å². The number of hydrogen-bond acceptors (Lipinski definition) is 2. The molecule has 5 heteroatoms. The fourth-order valence-electron chi connectivity index (χ4n) is 1.66. The summed E-state index contributed by atoms with van der Waals surface area (Å²) in [6.07, 6.45) is 0.380.